The van der Waals surface area contributed by atoms with Gasteiger partial charge in [0, 0.05) is 5.56 Å². The molecule has 1 unspecified atom stereocenters. The van der Waals surface area contributed by atoms with Gasteiger partial charge in [-0.1, -0.05) is 33.3 Å². The van der Waals surface area contributed by atoms with Crippen molar-refractivity contribution in [2.75, 3.05) is 13.2 Å². The number of carbonyl (C=O) groups is 1. The number of carbonyl (C=O) groups excluding carboxylic acids is 1. The van der Waals surface area contributed by atoms with E-state index in [-0.39, 0.29) is 23.5 Å². The zero-order valence-electron chi connectivity index (χ0n) is 16.7. The van der Waals surface area contributed by atoms with Crippen molar-refractivity contribution in [3.63, 3.8) is 0 Å². The molecular weight excluding hydrogens is 356 g/mol. The zero-order valence-corrected chi connectivity index (χ0v) is 16.7. The lowest BCUT2D eigenvalue weighted by Crippen LogP contribution is -2.42. The van der Waals surface area contributed by atoms with E-state index in [9.17, 15) is 9.90 Å². The molecule has 1 aliphatic rings. The molecule has 5 heteroatoms. The number of hydrogen-bond acceptors (Lipinski definition) is 5. The Kier molecular flexibility index (Phi) is 6.25. The van der Waals surface area contributed by atoms with Gasteiger partial charge in [-0.3, -0.25) is 4.79 Å². The van der Waals surface area contributed by atoms with Crippen molar-refractivity contribution in [1.82, 2.24) is 0 Å². The number of unbranched alkanes of at least 4 members (excludes halogenated alkanes) is 1. The number of aromatic hydroxyl groups is 1. The van der Waals surface area contributed by atoms with Crippen LogP contribution < -0.4 is 9.47 Å². The van der Waals surface area contributed by atoms with E-state index in [1.54, 1.807) is 12.1 Å². The number of benzene rings is 2. The van der Waals surface area contributed by atoms with Gasteiger partial charge in [0.05, 0.1) is 19.6 Å². The molecular formula is C23H28O5. The van der Waals surface area contributed by atoms with E-state index >= 15 is 0 Å². The Balaban J connectivity index is 1.92. The van der Waals surface area contributed by atoms with E-state index in [4.69, 9.17) is 14.2 Å². The summed E-state index contributed by atoms with van der Waals surface area (Å²) < 4.78 is 18.1. The summed E-state index contributed by atoms with van der Waals surface area (Å²) in [4.78, 5) is 12.8. The Morgan fingerprint density at radius 3 is 2.61 bits per heavy atom. The smallest absolute Gasteiger partial charge is 0.244 e. The van der Waals surface area contributed by atoms with Crippen LogP contribution in [-0.2, 0) is 10.5 Å². The van der Waals surface area contributed by atoms with E-state index < -0.39 is 5.79 Å². The van der Waals surface area contributed by atoms with Gasteiger partial charge in [0.2, 0.25) is 5.79 Å². The molecule has 1 N–H and O–H groups in total. The molecule has 1 aliphatic heterocycles. The van der Waals surface area contributed by atoms with Crippen LogP contribution in [0.15, 0.2) is 42.5 Å². The molecule has 3 rings (SSSR count). The molecule has 0 aromatic heterocycles. The van der Waals surface area contributed by atoms with Crippen LogP contribution in [0.5, 0.6) is 17.2 Å². The average Bonchev–Trinajstić information content (AvgIpc) is 2.67. The highest BCUT2D eigenvalue weighted by molar-refractivity contribution is 6.02. The normalized spacial score (nSPS) is 18.6. The third kappa shape index (κ3) is 4.30. The molecule has 0 bridgehead atoms. The van der Waals surface area contributed by atoms with Crippen LogP contribution in [0.25, 0.3) is 0 Å². The van der Waals surface area contributed by atoms with Crippen LogP contribution in [0.3, 0.4) is 0 Å². The van der Waals surface area contributed by atoms with Crippen LogP contribution in [-0.4, -0.2) is 24.1 Å². The zero-order chi connectivity index (χ0) is 20.1. The Labute approximate surface area is 166 Å². The molecule has 0 radical (unpaired) electrons. The lowest BCUT2D eigenvalue weighted by molar-refractivity contribution is -0.193. The molecule has 0 aliphatic carbocycles. The minimum atomic E-state index is -1.20. The lowest BCUT2D eigenvalue weighted by atomic mass is 9.92. The van der Waals surface area contributed by atoms with E-state index in [1.807, 2.05) is 24.3 Å². The summed E-state index contributed by atoms with van der Waals surface area (Å²) >= 11 is 0. The number of phenols is 1. The molecule has 2 aromatic carbocycles. The second-order valence-corrected chi connectivity index (χ2v) is 7.54. The number of ether oxygens (including phenoxy) is 3. The standard InChI is InChI=1S/C23H28O5/c1-4-5-13-27-23(17-9-11-18(12-10-17)26-15-16(2)3)14-20(25)22-19(24)7-6-8-21(22)28-23/h6-12,16,24H,4-5,13-15H2,1-3H3. The van der Waals surface area contributed by atoms with Crippen molar-refractivity contribution in [3.05, 3.63) is 53.6 Å². The van der Waals surface area contributed by atoms with Gasteiger partial charge in [-0.15, -0.1) is 0 Å². The van der Waals surface area contributed by atoms with E-state index in [2.05, 4.69) is 20.8 Å². The first-order valence-electron chi connectivity index (χ1n) is 9.86. The summed E-state index contributed by atoms with van der Waals surface area (Å²) in [5.41, 5.74) is 0.969. The maximum absolute atomic E-state index is 12.8. The maximum atomic E-state index is 12.8. The first-order valence-corrected chi connectivity index (χ1v) is 9.86. The predicted octanol–water partition coefficient (Wildman–Crippen LogP) is 5.06. The summed E-state index contributed by atoms with van der Waals surface area (Å²) in [6, 6.07) is 12.3. The highest BCUT2D eigenvalue weighted by atomic mass is 16.7. The molecule has 5 nitrogen and oxygen atoms in total. The fraction of sp³-hybridized carbons (Fsp3) is 0.435. The Hall–Kier alpha value is -2.53. The largest absolute Gasteiger partial charge is 0.507 e. The minimum absolute atomic E-state index is 0.00743. The Morgan fingerprint density at radius 2 is 1.93 bits per heavy atom. The van der Waals surface area contributed by atoms with Gasteiger partial charge in [-0.25, -0.2) is 0 Å². The number of rotatable bonds is 8. The topological polar surface area (TPSA) is 65.0 Å². The van der Waals surface area contributed by atoms with Crippen molar-refractivity contribution in [2.45, 2.75) is 45.8 Å². The van der Waals surface area contributed by atoms with E-state index in [0.717, 1.165) is 24.2 Å². The molecule has 1 heterocycles. The Morgan fingerprint density at radius 1 is 1.18 bits per heavy atom. The minimum Gasteiger partial charge on any atom is -0.507 e. The van der Waals surface area contributed by atoms with Gasteiger partial charge in [-0.2, -0.15) is 0 Å². The number of hydrogen-bond donors (Lipinski definition) is 1. The van der Waals surface area contributed by atoms with Crippen LogP contribution in [0.2, 0.25) is 0 Å². The highest BCUT2D eigenvalue weighted by Crippen LogP contribution is 2.43. The van der Waals surface area contributed by atoms with Crippen molar-refractivity contribution in [2.24, 2.45) is 5.92 Å². The third-order valence-electron chi connectivity index (χ3n) is 4.66. The van der Waals surface area contributed by atoms with Crippen molar-refractivity contribution in [1.29, 1.82) is 0 Å². The third-order valence-corrected chi connectivity index (χ3v) is 4.66. The number of fused-ring (bicyclic) bond motifs is 1. The van der Waals surface area contributed by atoms with Crippen LogP contribution in [0.1, 0.15) is 56.0 Å². The number of phenolic OH excluding ortho intramolecular Hbond substituents is 1. The van der Waals surface area contributed by atoms with Crippen LogP contribution in [0.4, 0.5) is 0 Å². The molecule has 150 valence electrons. The summed E-state index contributed by atoms with van der Waals surface area (Å²) in [5, 5.41) is 10.1. The van der Waals surface area contributed by atoms with Gasteiger partial charge < -0.3 is 19.3 Å². The second-order valence-electron chi connectivity index (χ2n) is 7.54. The van der Waals surface area contributed by atoms with Gasteiger partial charge >= 0.3 is 0 Å². The van der Waals surface area contributed by atoms with Crippen LogP contribution >= 0.6 is 0 Å². The SMILES string of the molecule is CCCCOC1(c2ccc(OCC(C)C)cc2)CC(=O)c2c(O)cccc2O1. The van der Waals surface area contributed by atoms with Gasteiger partial charge in [0.15, 0.2) is 5.78 Å². The van der Waals surface area contributed by atoms with Gasteiger partial charge in [-0.05, 0) is 48.7 Å². The van der Waals surface area contributed by atoms with Crippen LogP contribution in [0, 0.1) is 5.92 Å². The van der Waals surface area contributed by atoms with Gasteiger partial charge in [0.1, 0.15) is 22.8 Å². The summed E-state index contributed by atoms with van der Waals surface area (Å²) in [5.74, 6) is 0.0723. The van der Waals surface area contributed by atoms with Crippen molar-refractivity contribution in [3.8, 4) is 17.2 Å². The number of ketones is 1. The second kappa shape index (κ2) is 8.65. The fourth-order valence-corrected chi connectivity index (χ4v) is 3.17. The highest BCUT2D eigenvalue weighted by Gasteiger charge is 2.44. The summed E-state index contributed by atoms with van der Waals surface area (Å²) in [6.45, 7) is 7.39. The molecule has 28 heavy (non-hydrogen) atoms. The van der Waals surface area contributed by atoms with E-state index in [0.29, 0.717) is 24.9 Å². The van der Waals surface area contributed by atoms with Crippen molar-refractivity contribution < 1.29 is 24.1 Å². The fourth-order valence-electron chi connectivity index (χ4n) is 3.17. The molecule has 1 atom stereocenters. The maximum Gasteiger partial charge on any atom is 0.244 e. The Bertz CT molecular complexity index is 812. The predicted molar refractivity (Wildman–Crippen MR) is 107 cm³/mol. The molecule has 0 saturated heterocycles. The summed E-state index contributed by atoms with van der Waals surface area (Å²) in [7, 11) is 0. The first kappa shape index (κ1) is 20.2. The van der Waals surface area contributed by atoms with Crippen molar-refractivity contribution >= 4 is 5.78 Å². The number of Topliss-reactive ketones (excluding diaryl/α,β-unsaturated/α-hetero) is 1. The molecule has 0 amide bonds. The molecule has 0 fully saturated rings. The van der Waals surface area contributed by atoms with E-state index in [1.165, 1.54) is 6.07 Å². The molecule has 0 spiro atoms. The first-order chi connectivity index (χ1) is 13.4. The van der Waals surface area contributed by atoms with Gasteiger partial charge in [0.25, 0.3) is 0 Å². The average molecular weight is 384 g/mol. The molecule has 0 saturated carbocycles. The quantitative estimate of drug-likeness (QED) is 0.644. The monoisotopic (exact) mass is 384 g/mol. The molecule has 2 aromatic rings. The lowest BCUT2D eigenvalue weighted by Gasteiger charge is -2.38. The summed E-state index contributed by atoms with van der Waals surface area (Å²) in [6.07, 6.45) is 1.85.